The maximum absolute atomic E-state index is 7.79. The number of hydrogen-bond donors (Lipinski definition) is 0. The van der Waals surface area contributed by atoms with Gasteiger partial charge in [0, 0.05) is 27.7 Å². The fourth-order valence-corrected chi connectivity index (χ4v) is 2.44. The van der Waals surface area contributed by atoms with Crippen LogP contribution in [0.3, 0.4) is 0 Å². The summed E-state index contributed by atoms with van der Waals surface area (Å²) in [6.07, 6.45) is 0. The molecule has 94 valence electrons. The van der Waals surface area contributed by atoms with E-state index in [4.69, 9.17) is 4.11 Å². The minimum Gasteiger partial charge on any atom is -0.198 e. The molecule has 0 radical (unpaired) electrons. The summed E-state index contributed by atoms with van der Waals surface area (Å²) in [5.74, 6) is 0. The van der Waals surface area contributed by atoms with Crippen LogP contribution in [-0.4, -0.2) is 0 Å². The third kappa shape index (κ3) is 1.84. The number of rotatable bonds is 1. The molecule has 0 aliphatic heterocycles. The van der Waals surface area contributed by atoms with Crippen molar-refractivity contribution in [2.45, 2.75) is 34.5 Å². The first-order chi connectivity index (χ1) is 9.66. The van der Waals surface area contributed by atoms with Crippen molar-refractivity contribution in [1.82, 2.24) is 0 Å². The highest BCUT2D eigenvalue weighted by atomic mass is 14.9. The average molecular weight is 243 g/mol. The van der Waals surface area contributed by atoms with Gasteiger partial charge < -0.3 is 0 Å². The molecule has 2 aromatic rings. The zero-order valence-electron chi connectivity index (χ0n) is 14.8. The van der Waals surface area contributed by atoms with Gasteiger partial charge in [-0.15, -0.1) is 0 Å². The molecule has 0 saturated heterocycles. The zero-order valence-corrected chi connectivity index (χ0v) is 11.8. The molecule has 18 heavy (non-hydrogen) atoms. The maximum atomic E-state index is 7.79. The highest BCUT2D eigenvalue weighted by Gasteiger charge is 2.21. The Hall–Kier alpha value is -1.63. The molecule has 0 saturated carbocycles. The number of benzene rings is 1. The van der Waals surface area contributed by atoms with Gasteiger partial charge in [0.2, 0.25) is 5.69 Å². The molecule has 0 unspecified atom stereocenters. The van der Waals surface area contributed by atoms with Crippen molar-refractivity contribution in [3.8, 4) is 11.3 Å². The summed E-state index contributed by atoms with van der Waals surface area (Å²) >= 11 is 0. The van der Waals surface area contributed by atoms with E-state index in [2.05, 4.69) is 19.1 Å². The van der Waals surface area contributed by atoms with E-state index in [-0.39, 0.29) is 0 Å². The van der Waals surface area contributed by atoms with E-state index in [0.29, 0.717) is 5.56 Å². The first-order valence-corrected chi connectivity index (χ1v) is 6.22. The van der Waals surface area contributed by atoms with Crippen LogP contribution in [0.2, 0.25) is 0 Å². The zero-order chi connectivity index (χ0) is 15.9. The molecule has 0 atom stereocenters. The van der Waals surface area contributed by atoms with Crippen molar-refractivity contribution in [2.75, 3.05) is 0 Å². The van der Waals surface area contributed by atoms with Crippen molar-refractivity contribution in [1.29, 1.82) is 0 Å². The first-order valence-electron chi connectivity index (χ1n) is 7.72. The van der Waals surface area contributed by atoms with E-state index < -0.39 is 6.85 Å². The Morgan fingerprint density at radius 3 is 2.22 bits per heavy atom. The van der Waals surface area contributed by atoms with Crippen LogP contribution in [0.5, 0.6) is 0 Å². The second-order valence-electron chi connectivity index (χ2n) is 4.93. The van der Waals surface area contributed by atoms with E-state index in [0.717, 1.165) is 28.1 Å². The quantitative estimate of drug-likeness (QED) is 0.672. The molecule has 0 aliphatic carbocycles. The lowest BCUT2D eigenvalue weighted by atomic mass is 9.95. The lowest BCUT2D eigenvalue weighted by Crippen LogP contribution is -2.37. The second kappa shape index (κ2) is 4.56. The van der Waals surface area contributed by atoms with E-state index >= 15 is 0 Å². The van der Waals surface area contributed by atoms with Crippen LogP contribution in [0.4, 0.5) is 0 Å². The lowest BCUT2D eigenvalue weighted by Gasteiger charge is -2.13. The van der Waals surface area contributed by atoms with Gasteiger partial charge in [0.25, 0.3) is 0 Å². The highest BCUT2D eigenvalue weighted by molar-refractivity contribution is 5.65. The van der Waals surface area contributed by atoms with Gasteiger partial charge in [0.05, 0.1) is 0 Å². The predicted octanol–water partition coefficient (Wildman–Crippen LogP) is 3.72. The Morgan fingerprint density at radius 1 is 0.944 bits per heavy atom. The van der Waals surface area contributed by atoms with Crippen LogP contribution < -0.4 is 4.57 Å². The molecule has 0 bridgehead atoms. The maximum Gasteiger partial charge on any atom is 0.215 e. The molecule has 1 heterocycles. The van der Waals surface area contributed by atoms with Crippen LogP contribution >= 0.6 is 0 Å². The van der Waals surface area contributed by atoms with Crippen LogP contribution in [0.25, 0.3) is 11.3 Å². The number of nitrogens with zero attached hydrogens (tertiary/aromatic N) is 1. The molecule has 0 spiro atoms. The Kier molecular flexibility index (Phi) is 2.36. The van der Waals surface area contributed by atoms with Crippen molar-refractivity contribution >= 4 is 0 Å². The molecule has 2 rings (SSSR count). The Bertz CT molecular complexity index is 671. The summed E-state index contributed by atoms with van der Waals surface area (Å²) in [5.41, 5.74) is 6.61. The summed E-state index contributed by atoms with van der Waals surface area (Å²) < 4.78 is 25.4. The molecule has 1 heteroatoms. The standard InChI is InChI=1S/C17H22N/c1-11-9-7-8-10-16(11)17-14(4)12(2)13(3)15(5)18(17)6/h7-10H,1-6H3/q+1/i3D3. The topological polar surface area (TPSA) is 3.88 Å². The lowest BCUT2D eigenvalue weighted by molar-refractivity contribution is -0.667. The monoisotopic (exact) mass is 243 g/mol. The van der Waals surface area contributed by atoms with Crippen molar-refractivity contribution in [3.63, 3.8) is 0 Å². The molecule has 0 N–H and O–H groups in total. The van der Waals surface area contributed by atoms with Gasteiger partial charge in [-0.2, -0.15) is 4.57 Å². The van der Waals surface area contributed by atoms with Gasteiger partial charge in [0.15, 0.2) is 5.69 Å². The number of aromatic nitrogens is 1. The summed E-state index contributed by atoms with van der Waals surface area (Å²) in [4.78, 5) is 0. The van der Waals surface area contributed by atoms with E-state index in [1.54, 1.807) is 0 Å². The normalized spacial score (nSPS) is 13.9. The molecule has 1 aromatic heterocycles. The molecule has 0 amide bonds. The average Bonchev–Trinajstić information content (AvgIpc) is 2.37. The smallest absolute Gasteiger partial charge is 0.198 e. The molecular formula is C17H22N+. The summed E-state index contributed by atoms with van der Waals surface area (Å²) in [6, 6.07) is 8.21. The highest BCUT2D eigenvalue weighted by Crippen LogP contribution is 2.27. The molecule has 0 fully saturated rings. The second-order valence-corrected chi connectivity index (χ2v) is 4.93. The SMILES string of the molecule is [2H]C([2H])([2H])c1c(C)c(C)c(-c2ccccc2C)[n+](C)c1C. The largest absolute Gasteiger partial charge is 0.215 e. The molecular weight excluding hydrogens is 218 g/mol. The number of hydrogen-bond acceptors (Lipinski definition) is 0. The minimum atomic E-state index is -2.08. The first kappa shape index (κ1) is 9.32. The Balaban J connectivity index is 2.87. The summed E-state index contributed by atoms with van der Waals surface area (Å²) in [5, 5.41) is 0. The third-order valence-corrected chi connectivity index (χ3v) is 3.89. The van der Waals surface area contributed by atoms with Crippen molar-refractivity contribution in [2.24, 2.45) is 7.05 Å². The molecule has 1 nitrogen and oxygen atoms in total. The Labute approximate surface area is 114 Å². The molecule has 0 aliphatic rings. The van der Waals surface area contributed by atoms with E-state index in [1.165, 1.54) is 5.56 Å². The van der Waals surface area contributed by atoms with E-state index in [9.17, 15) is 0 Å². The minimum absolute atomic E-state index is 0.472. The summed E-state index contributed by atoms with van der Waals surface area (Å²) in [6.45, 7) is 5.80. The Morgan fingerprint density at radius 2 is 1.61 bits per heavy atom. The fourth-order valence-electron chi connectivity index (χ4n) is 2.44. The third-order valence-electron chi connectivity index (χ3n) is 3.89. The van der Waals surface area contributed by atoms with Crippen molar-refractivity contribution in [3.05, 3.63) is 52.2 Å². The van der Waals surface area contributed by atoms with Gasteiger partial charge in [-0.1, -0.05) is 18.2 Å². The van der Waals surface area contributed by atoms with Gasteiger partial charge in [-0.05, 0) is 44.8 Å². The van der Waals surface area contributed by atoms with Gasteiger partial charge in [-0.3, -0.25) is 0 Å². The number of pyridine rings is 1. The van der Waals surface area contributed by atoms with Crippen LogP contribution in [0.1, 0.15) is 32.1 Å². The fraction of sp³-hybridized carbons (Fsp3) is 0.353. The predicted molar refractivity (Wildman–Crippen MR) is 76.7 cm³/mol. The summed E-state index contributed by atoms with van der Waals surface area (Å²) in [7, 11) is 1.94. The molecule has 1 aromatic carbocycles. The van der Waals surface area contributed by atoms with Crippen molar-refractivity contribution < 1.29 is 8.68 Å². The van der Waals surface area contributed by atoms with Crippen LogP contribution in [-0.2, 0) is 7.05 Å². The van der Waals surface area contributed by atoms with E-state index in [1.807, 2.05) is 44.5 Å². The van der Waals surface area contributed by atoms with Gasteiger partial charge in [-0.25, -0.2) is 0 Å². The number of aryl methyl sites for hydroxylation is 1. The van der Waals surface area contributed by atoms with Crippen LogP contribution in [0.15, 0.2) is 24.3 Å². The van der Waals surface area contributed by atoms with Gasteiger partial charge >= 0.3 is 0 Å². The van der Waals surface area contributed by atoms with Gasteiger partial charge in [0.1, 0.15) is 7.05 Å². The van der Waals surface area contributed by atoms with Crippen LogP contribution in [0, 0.1) is 34.5 Å².